The van der Waals surface area contributed by atoms with Gasteiger partial charge in [0.05, 0.1) is 6.54 Å². The Bertz CT molecular complexity index is 343. The lowest BCUT2D eigenvalue weighted by atomic mass is 10.00. The summed E-state index contributed by atoms with van der Waals surface area (Å²) in [5.74, 6) is 2.52. The molecule has 1 heterocycles. The van der Waals surface area contributed by atoms with Crippen LogP contribution in [0.3, 0.4) is 0 Å². The van der Waals surface area contributed by atoms with Gasteiger partial charge in [0, 0.05) is 13.1 Å². The van der Waals surface area contributed by atoms with E-state index in [-0.39, 0.29) is 0 Å². The topological polar surface area (TPSA) is 42.7 Å². The van der Waals surface area contributed by atoms with Crippen molar-refractivity contribution in [3.05, 3.63) is 24.3 Å². The van der Waals surface area contributed by atoms with Gasteiger partial charge in [-0.3, -0.25) is 0 Å². The Morgan fingerprint density at radius 1 is 1.44 bits per heavy atom. The first-order chi connectivity index (χ1) is 7.56. The molecule has 0 saturated carbocycles. The van der Waals surface area contributed by atoms with E-state index in [1.165, 1.54) is 0 Å². The van der Waals surface area contributed by atoms with Gasteiger partial charge < -0.3 is 9.88 Å². The molecule has 0 aliphatic rings. The van der Waals surface area contributed by atoms with Crippen LogP contribution >= 0.6 is 0 Å². The summed E-state index contributed by atoms with van der Waals surface area (Å²) in [6.07, 6.45) is 3.00. The van der Waals surface area contributed by atoms with Crippen molar-refractivity contribution in [1.82, 2.24) is 20.1 Å². The summed E-state index contributed by atoms with van der Waals surface area (Å²) in [5.41, 5.74) is 0. The van der Waals surface area contributed by atoms with E-state index >= 15 is 0 Å². The number of nitrogens with one attached hydrogen (secondary N) is 1. The monoisotopic (exact) mass is 222 g/mol. The quantitative estimate of drug-likeness (QED) is 0.746. The summed E-state index contributed by atoms with van der Waals surface area (Å²) in [5, 5.41) is 11.6. The molecule has 0 aromatic carbocycles. The van der Waals surface area contributed by atoms with Crippen LogP contribution in [0.25, 0.3) is 0 Å². The van der Waals surface area contributed by atoms with Crippen molar-refractivity contribution in [2.45, 2.75) is 39.8 Å². The van der Waals surface area contributed by atoms with Gasteiger partial charge in [0.1, 0.15) is 11.6 Å². The van der Waals surface area contributed by atoms with Crippen molar-refractivity contribution < 1.29 is 0 Å². The second-order valence-electron chi connectivity index (χ2n) is 4.39. The molecule has 0 aliphatic heterocycles. The van der Waals surface area contributed by atoms with Crippen molar-refractivity contribution in [1.29, 1.82) is 0 Å². The molecule has 0 aliphatic carbocycles. The molecule has 2 atom stereocenters. The van der Waals surface area contributed by atoms with Crippen molar-refractivity contribution in [3.63, 3.8) is 0 Å². The predicted octanol–water partition coefficient (Wildman–Crippen LogP) is 1.81. The first-order valence-corrected chi connectivity index (χ1v) is 5.75. The molecule has 2 unspecified atom stereocenters. The van der Waals surface area contributed by atoms with Crippen molar-refractivity contribution in [2.75, 3.05) is 0 Å². The summed E-state index contributed by atoms with van der Waals surface area (Å²) in [6.45, 7) is 10.9. The number of rotatable bonds is 6. The molecule has 0 spiro atoms. The van der Waals surface area contributed by atoms with Gasteiger partial charge in [-0.25, -0.2) is 0 Å². The zero-order valence-corrected chi connectivity index (χ0v) is 10.7. The fourth-order valence-electron chi connectivity index (χ4n) is 1.53. The van der Waals surface area contributed by atoms with Crippen molar-refractivity contribution in [2.24, 2.45) is 13.0 Å². The van der Waals surface area contributed by atoms with E-state index in [9.17, 15) is 0 Å². The van der Waals surface area contributed by atoms with Crippen LogP contribution in [0.2, 0.25) is 0 Å². The average Bonchev–Trinajstić information content (AvgIpc) is 2.57. The van der Waals surface area contributed by atoms with Gasteiger partial charge in [0.2, 0.25) is 0 Å². The van der Waals surface area contributed by atoms with Crippen LogP contribution in [0.15, 0.2) is 12.7 Å². The normalized spacial score (nSPS) is 14.8. The minimum Gasteiger partial charge on any atom is -0.317 e. The lowest BCUT2D eigenvalue weighted by Crippen LogP contribution is -2.32. The number of hydrogen-bond donors (Lipinski definition) is 1. The lowest BCUT2D eigenvalue weighted by molar-refractivity contribution is 0.395. The molecule has 4 heteroatoms. The first kappa shape index (κ1) is 12.9. The van der Waals surface area contributed by atoms with Crippen molar-refractivity contribution in [3.8, 4) is 0 Å². The van der Waals surface area contributed by atoms with Gasteiger partial charge in [-0.2, -0.15) is 0 Å². The summed E-state index contributed by atoms with van der Waals surface area (Å²) in [6, 6.07) is 0.454. The Balaban J connectivity index is 2.45. The Labute approximate surface area is 97.8 Å². The second kappa shape index (κ2) is 5.80. The molecule has 90 valence electrons. The smallest absolute Gasteiger partial charge is 0.146 e. The van der Waals surface area contributed by atoms with Gasteiger partial charge in [0.25, 0.3) is 0 Å². The van der Waals surface area contributed by atoms with Crippen LogP contribution in [0, 0.1) is 12.8 Å². The van der Waals surface area contributed by atoms with Gasteiger partial charge in [-0.15, -0.1) is 16.8 Å². The predicted molar refractivity (Wildman–Crippen MR) is 66.0 cm³/mol. The van der Waals surface area contributed by atoms with Gasteiger partial charge in [-0.05, 0) is 26.2 Å². The molecule has 4 nitrogen and oxygen atoms in total. The van der Waals surface area contributed by atoms with Crippen LogP contribution in [-0.4, -0.2) is 20.8 Å². The zero-order chi connectivity index (χ0) is 12.1. The molecule has 0 bridgehead atoms. The summed E-state index contributed by atoms with van der Waals surface area (Å²) in [7, 11) is 1.99. The molecule has 0 amide bonds. The number of aryl methyl sites for hydroxylation is 1. The third-order valence-electron chi connectivity index (χ3n) is 3.16. The maximum atomic E-state index is 4.12. The number of aromatic nitrogens is 3. The lowest BCUT2D eigenvalue weighted by Gasteiger charge is -2.19. The van der Waals surface area contributed by atoms with E-state index in [2.05, 4.69) is 35.9 Å². The molecular formula is C12H22N4. The van der Waals surface area contributed by atoms with E-state index in [4.69, 9.17) is 0 Å². The van der Waals surface area contributed by atoms with Crippen LogP contribution in [0.4, 0.5) is 0 Å². The van der Waals surface area contributed by atoms with Crippen LogP contribution in [0.1, 0.15) is 31.9 Å². The molecule has 0 radical (unpaired) electrons. The Hall–Kier alpha value is -1.16. The molecule has 1 aromatic heterocycles. The van der Waals surface area contributed by atoms with Gasteiger partial charge in [-0.1, -0.05) is 13.0 Å². The molecule has 0 fully saturated rings. The highest BCUT2D eigenvalue weighted by molar-refractivity contribution is 4.92. The first-order valence-electron chi connectivity index (χ1n) is 5.75. The SMILES string of the molecule is C=CCC(C)C(C)NCc1nnc(C)n1C. The van der Waals surface area contributed by atoms with Gasteiger partial charge in [0.15, 0.2) is 0 Å². The Morgan fingerprint density at radius 3 is 2.62 bits per heavy atom. The maximum absolute atomic E-state index is 4.12. The second-order valence-corrected chi connectivity index (χ2v) is 4.39. The maximum Gasteiger partial charge on any atom is 0.146 e. The molecular weight excluding hydrogens is 200 g/mol. The van der Waals surface area contributed by atoms with E-state index in [1.807, 2.05) is 24.6 Å². The van der Waals surface area contributed by atoms with E-state index in [0.717, 1.165) is 24.6 Å². The van der Waals surface area contributed by atoms with Gasteiger partial charge >= 0.3 is 0 Å². The highest BCUT2D eigenvalue weighted by Gasteiger charge is 2.11. The van der Waals surface area contributed by atoms with E-state index < -0.39 is 0 Å². The largest absolute Gasteiger partial charge is 0.317 e. The Morgan fingerprint density at radius 2 is 2.12 bits per heavy atom. The summed E-state index contributed by atoms with van der Waals surface area (Å²) in [4.78, 5) is 0. The fourth-order valence-corrected chi connectivity index (χ4v) is 1.53. The van der Waals surface area contributed by atoms with Crippen LogP contribution < -0.4 is 5.32 Å². The minimum atomic E-state index is 0.454. The van der Waals surface area contributed by atoms with Crippen molar-refractivity contribution >= 4 is 0 Å². The standard InChI is InChI=1S/C12H22N4/c1-6-7-9(2)10(3)13-8-12-15-14-11(4)16(12)5/h6,9-10,13H,1,7-8H2,2-5H3. The molecule has 1 rings (SSSR count). The van der Waals surface area contributed by atoms with Crippen LogP contribution in [0.5, 0.6) is 0 Å². The third-order valence-corrected chi connectivity index (χ3v) is 3.16. The summed E-state index contributed by atoms with van der Waals surface area (Å²) >= 11 is 0. The number of nitrogens with zero attached hydrogens (tertiary/aromatic N) is 3. The highest BCUT2D eigenvalue weighted by Crippen LogP contribution is 2.08. The zero-order valence-electron chi connectivity index (χ0n) is 10.7. The summed E-state index contributed by atoms with van der Waals surface area (Å²) < 4.78 is 2.01. The molecule has 1 aromatic rings. The molecule has 1 N–H and O–H groups in total. The average molecular weight is 222 g/mol. The third kappa shape index (κ3) is 3.17. The van der Waals surface area contributed by atoms with E-state index in [1.54, 1.807) is 0 Å². The number of allylic oxidation sites excluding steroid dienone is 1. The Kier molecular flexibility index (Phi) is 4.68. The van der Waals surface area contributed by atoms with E-state index in [0.29, 0.717) is 12.0 Å². The minimum absolute atomic E-state index is 0.454. The number of hydrogen-bond acceptors (Lipinski definition) is 3. The molecule has 0 saturated heterocycles. The fraction of sp³-hybridized carbons (Fsp3) is 0.667. The molecule has 16 heavy (non-hydrogen) atoms. The van der Waals surface area contributed by atoms with Crippen LogP contribution in [-0.2, 0) is 13.6 Å². The highest BCUT2D eigenvalue weighted by atomic mass is 15.3.